The lowest BCUT2D eigenvalue weighted by molar-refractivity contribution is -0.113. The molecule has 0 spiro atoms. The van der Waals surface area contributed by atoms with Crippen LogP contribution < -0.4 is 5.32 Å². The SMILES string of the molecule is CC(=O)c1ccc(NC(=O)CSc2c(C)cc(C)cc2C)cc1. The molecule has 0 bridgehead atoms. The first-order chi connectivity index (χ1) is 10.9. The maximum Gasteiger partial charge on any atom is 0.234 e. The fourth-order valence-electron chi connectivity index (χ4n) is 2.52. The lowest BCUT2D eigenvalue weighted by Gasteiger charge is -2.11. The highest BCUT2D eigenvalue weighted by molar-refractivity contribution is 8.00. The molecule has 2 aromatic rings. The molecule has 0 heterocycles. The summed E-state index contributed by atoms with van der Waals surface area (Å²) in [6.45, 7) is 7.74. The molecule has 0 fully saturated rings. The second kappa shape index (κ2) is 7.47. The summed E-state index contributed by atoms with van der Waals surface area (Å²) >= 11 is 1.55. The van der Waals surface area contributed by atoms with Crippen LogP contribution in [0.1, 0.15) is 34.0 Å². The van der Waals surface area contributed by atoms with Crippen molar-refractivity contribution >= 4 is 29.1 Å². The third-order valence-electron chi connectivity index (χ3n) is 3.53. The van der Waals surface area contributed by atoms with E-state index >= 15 is 0 Å². The molecule has 0 atom stereocenters. The van der Waals surface area contributed by atoms with Crippen LogP contribution in [0.25, 0.3) is 0 Å². The number of ketones is 1. The highest BCUT2D eigenvalue weighted by Gasteiger charge is 2.09. The number of hydrogen-bond acceptors (Lipinski definition) is 3. The molecule has 0 radical (unpaired) electrons. The van der Waals surface area contributed by atoms with Crippen LogP contribution in [0.2, 0.25) is 0 Å². The second-order valence-corrected chi connectivity index (χ2v) is 6.68. The maximum atomic E-state index is 12.1. The van der Waals surface area contributed by atoms with Gasteiger partial charge in [-0.05, 0) is 63.1 Å². The summed E-state index contributed by atoms with van der Waals surface area (Å²) in [5, 5.41) is 2.86. The molecule has 0 saturated heterocycles. The van der Waals surface area contributed by atoms with Crippen molar-refractivity contribution in [3.8, 4) is 0 Å². The smallest absolute Gasteiger partial charge is 0.234 e. The monoisotopic (exact) mass is 327 g/mol. The van der Waals surface area contributed by atoms with E-state index in [0.29, 0.717) is 17.0 Å². The van der Waals surface area contributed by atoms with Gasteiger partial charge in [-0.15, -0.1) is 11.8 Å². The van der Waals surface area contributed by atoms with E-state index in [1.54, 1.807) is 36.0 Å². The van der Waals surface area contributed by atoms with E-state index in [4.69, 9.17) is 0 Å². The van der Waals surface area contributed by atoms with E-state index in [-0.39, 0.29) is 11.7 Å². The predicted molar refractivity (Wildman–Crippen MR) is 96.5 cm³/mol. The van der Waals surface area contributed by atoms with Gasteiger partial charge >= 0.3 is 0 Å². The molecule has 0 saturated carbocycles. The average Bonchev–Trinajstić information content (AvgIpc) is 2.46. The summed E-state index contributed by atoms with van der Waals surface area (Å²) in [5.41, 5.74) is 4.98. The van der Waals surface area contributed by atoms with Gasteiger partial charge in [0.15, 0.2) is 5.78 Å². The molecule has 2 rings (SSSR count). The van der Waals surface area contributed by atoms with Crippen molar-refractivity contribution in [3.63, 3.8) is 0 Å². The van der Waals surface area contributed by atoms with Crippen molar-refractivity contribution in [1.29, 1.82) is 0 Å². The zero-order valence-corrected chi connectivity index (χ0v) is 14.7. The number of carbonyl (C=O) groups is 2. The van der Waals surface area contributed by atoms with Crippen LogP contribution in [-0.2, 0) is 4.79 Å². The molecule has 1 N–H and O–H groups in total. The Morgan fingerprint density at radius 2 is 1.57 bits per heavy atom. The fourth-order valence-corrected chi connectivity index (χ4v) is 3.44. The van der Waals surface area contributed by atoms with Gasteiger partial charge in [0.1, 0.15) is 0 Å². The normalized spacial score (nSPS) is 10.4. The summed E-state index contributed by atoms with van der Waals surface area (Å²) in [7, 11) is 0. The zero-order chi connectivity index (χ0) is 17.0. The van der Waals surface area contributed by atoms with Gasteiger partial charge in [0, 0.05) is 16.1 Å². The Morgan fingerprint density at radius 3 is 2.09 bits per heavy atom. The first kappa shape index (κ1) is 17.3. The Balaban J connectivity index is 1.96. The number of nitrogens with one attached hydrogen (secondary N) is 1. The third kappa shape index (κ3) is 4.70. The molecule has 0 aromatic heterocycles. The van der Waals surface area contributed by atoms with E-state index in [1.165, 1.54) is 23.6 Å². The Bertz CT molecular complexity index is 713. The largest absolute Gasteiger partial charge is 0.325 e. The summed E-state index contributed by atoms with van der Waals surface area (Å²) < 4.78 is 0. The minimum Gasteiger partial charge on any atom is -0.325 e. The summed E-state index contributed by atoms with van der Waals surface area (Å²) in [5.74, 6) is 0.327. The van der Waals surface area contributed by atoms with Crippen LogP contribution in [0.3, 0.4) is 0 Å². The topological polar surface area (TPSA) is 46.2 Å². The Hall–Kier alpha value is -2.07. The maximum absolute atomic E-state index is 12.1. The van der Waals surface area contributed by atoms with Gasteiger partial charge < -0.3 is 5.32 Å². The molecule has 0 aliphatic rings. The summed E-state index contributed by atoms with van der Waals surface area (Å²) in [6.07, 6.45) is 0. The van der Waals surface area contributed by atoms with Crippen LogP contribution in [-0.4, -0.2) is 17.4 Å². The molecule has 120 valence electrons. The van der Waals surface area contributed by atoms with Gasteiger partial charge in [-0.3, -0.25) is 9.59 Å². The fraction of sp³-hybridized carbons (Fsp3) is 0.263. The van der Waals surface area contributed by atoms with Crippen molar-refractivity contribution in [2.75, 3.05) is 11.1 Å². The Kier molecular flexibility index (Phi) is 5.61. The molecule has 4 heteroatoms. The molecule has 3 nitrogen and oxygen atoms in total. The first-order valence-corrected chi connectivity index (χ1v) is 8.47. The molecule has 0 unspecified atom stereocenters. The van der Waals surface area contributed by atoms with Crippen molar-refractivity contribution in [3.05, 3.63) is 58.7 Å². The Morgan fingerprint density at radius 1 is 1.00 bits per heavy atom. The first-order valence-electron chi connectivity index (χ1n) is 7.48. The van der Waals surface area contributed by atoms with Crippen LogP contribution >= 0.6 is 11.8 Å². The van der Waals surface area contributed by atoms with E-state index in [1.807, 2.05) is 0 Å². The summed E-state index contributed by atoms with van der Waals surface area (Å²) in [6, 6.07) is 11.2. The van der Waals surface area contributed by atoms with Gasteiger partial charge in [0.25, 0.3) is 0 Å². The molecule has 23 heavy (non-hydrogen) atoms. The van der Waals surface area contributed by atoms with Crippen LogP contribution in [0, 0.1) is 20.8 Å². The van der Waals surface area contributed by atoms with E-state index < -0.39 is 0 Å². The van der Waals surface area contributed by atoms with Gasteiger partial charge in [0.2, 0.25) is 5.91 Å². The van der Waals surface area contributed by atoms with Gasteiger partial charge in [-0.25, -0.2) is 0 Å². The molecular formula is C19H21NO2S. The second-order valence-electron chi connectivity index (χ2n) is 5.70. The van der Waals surface area contributed by atoms with E-state index in [9.17, 15) is 9.59 Å². The standard InChI is InChI=1S/C19H21NO2S/c1-12-9-13(2)19(14(3)10-12)23-11-18(22)20-17-7-5-16(6-8-17)15(4)21/h5-10H,11H2,1-4H3,(H,20,22). The zero-order valence-electron chi connectivity index (χ0n) is 13.9. The van der Waals surface area contributed by atoms with E-state index in [0.717, 1.165) is 4.90 Å². The highest BCUT2D eigenvalue weighted by atomic mass is 32.2. The van der Waals surface area contributed by atoms with Crippen LogP contribution in [0.5, 0.6) is 0 Å². The molecule has 1 amide bonds. The number of hydrogen-bond donors (Lipinski definition) is 1. The lowest BCUT2D eigenvalue weighted by atomic mass is 10.1. The Labute approximate surface area is 141 Å². The van der Waals surface area contributed by atoms with Gasteiger partial charge in [-0.2, -0.15) is 0 Å². The third-order valence-corrected chi connectivity index (χ3v) is 4.87. The minimum atomic E-state index is -0.0510. The van der Waals surface area contributed by atoms with Crippen LogP contribution in [0.4, 0.5) is 5.69 Å². The molecule has 0 aliphatic heterocycles. The highest BCUT2D eigenvalue weighted by Crippen LogP contribution is 2.27. The number of carbonyl (C=O) groups excluding carboxylic acids is 2. The van der Waals surface area contributed by atoms with Crippen molar-refractivity contribution in [2.45, 2.75) is 32.6 Å². The predicted octanol–water partition coefficient (Wildman–Crippen LogP) is 4.55. The number of anilines is 1. The minimum absolute atomic E-state index is 0.0174. The van der Waals surface area contributed by atoms with Crippen molar-refractivity contribution in [2.24, 2.45) is 0 Å². The number of aryl methyl sites for hydroxylation is 3. The van der Waals surface area contributed by atoms with E-state index in [2.05, 4.69) is 38.2 Å². The molecule has 2 aromatic carbocycles. The number of amides is 1. The number of rotatable bonds is 5. The average molecular weight is 327 g/mol. The van der Waals surface area contributed by atoms with Gasteiger partial charge in [-0.1, -0.05) is 17.7 Å². The van der Waals surface area contributed by atoms with Crippen molar-refractivity contribution in [1.82, 2.24) is 0 Å². The van der Waals surface area contributed by atoms with Crippen molar-refractivity contribution < 1.29 is 9.59 Å². The number of Topliss-reactive ketones (excluding diaryl/α,β-unsaturated/α-hetero) is 1. The molecule has 0 aliphatic carbocycles. The van der Waals surface area contributed by atoms with Gasteiger partial charge in [0.05, 0.1) is 5.75 Å². The lowest BCUT2D eigenvalue weighted by Crippen LogP contribution is -2.14. The quantitative estimate of drug-likeness (QED) is 0.647. The summed E-state index contributed by atoms with van der Waals surface area (Å²) in [4.78, 5) is 24.5. The van der Waals surface area contributed by atoms with Crippen LogP contribution in [0.15, 0.2) is 41.3 Å². The number of thioether (sulfide) groups is 1. The number of benzene rings is 2. The molecular weight excluding hydrogens is 306 g/mol.